The largest absolute Gasteiger partial charge is 0.468 e. The van der Waals surface area contributed by atoms with Crippen LogP contribution in [-0.4, -0.2) is 36.1 Å². The first-order chi connectivity index (χ1) is 12.0. The van der Waals surface area contributed by atoms with E-state index in [0.29, 0.717) is 5.69 Å². The van der Waals surface area contributed by atoms with Gasteiger partial charge >= 0.3 is 11.9 Å². The Morgan fingerprint density at radius 2 is 1.68 bits per heavy atom. The van der Waals surface area contributed by atoms with E-state index in [1.165, 1.54) is 30.5 Å². The highest BCUT2D eigenvalue weighted by molar-refractivity contribution is 6.07. The van der Waals surface area contributed by atoms with Gasteiger partial charge in [0.15, 0.2) is 0 Å². The lowest BCUT2D eigenvalue weighted by Gasteiger charge is -2.28. The van der Waals surface area contributed by atoms with Crippen molar-refractivity contribution >= 4 is 17.6 Å². The number of pyridine rings is 1. The number of hydrogen-bond donors (Lipinski definition) is 0. The minimum absolute atomic E-state index is 0.107. The van der Waals surface area contributed by atoms with Crippen LogP contribution < -0.4 is 0 Å². The maximum absolute atomic E-state index is 12.6. The van der Waals surface area contributed by atoms with Gasteiger partial charge in [-0.1, -0.05) is 24.3 Å². The fraction of sp³-hybridized carbons (Fsp3) is 0.235. The second-order valence-electron chi connectivity index (χ2n) is 5.16. The Balaban J connectivity index is 2.77. The third-order valence-electron chi connectivity index (χ3n) is 3.80. The van der Waals surface area contributed by atoms with Gasteiger partial charge in [-0.3, -0.25) is 24.7 Å². The lowest BCUT2D eigenvalue weighted by atomic mass is 9.75. The van der Waals surface area contributed by atoms with Crippen molar-refractivity contribution in [2.24, 2.45) is 0 Å². The van der Waals surface area contributed by atoms with E-state index in [2.05, 4.69) is 4.98 Å². The minimum atomic E-state index is -2.04. The molecule has 0 saturated heterocycles. The Morgan fingerprint density at radius 3 is 2.20 bits per heavy atom. The van der Waals surface area contributed by atoms with Crippen molar-refractivity contribution in [3.05, 3.63) is 70.0 Å². The van der Waals surface area contributed by atoms with Crippen LogP contribution in [0.15, 0.2) is 48.7 Å². The van der Waals surface area contributed by atoms with E-state index in [1.807, 2.05) is 0 Å². The molecule has 0 radical (unpaired) electrons. The number of rotatable bonds is 6. The summed E-state index contributed by atoms with van der Waals surface area (Å²) < 4.78 is 9.62. The van der Waals surface area contributed by atoms with Crippen LogP contribution in [0.5, 0.6) is 0 Å². The van der Waals surface area contributed by atoms with Crippen LogP contribution in [0, 0.1) is 10.1 Å². The second kappa shape index (κ2) is 7.52. The first kappa shape index (κ1) is 18.1. The van der Waals surface area contributed by atoms with Gasteiger partial charge in [-0.25, -0.2) is 0 Å². The molecule has 0 saturated carbocycles. The number of nitro benzene ring substituents is 1. The number of hydrogen-bond acceptors (Lipinski definition) is 7. The van der Waals surface area contributed by atoms with Crippen LogP contribution in [0.1, 0.15) is 11.3 Å². The van der Waals surface area contributed by atoms with Gasteiger partial charge in [-0.05, 0) is 12.1 Å². The van der Waals surface area contributed by atoms with Crippen molar-refractivity contribution < 1.29 is 24.0 Å². The Kier molecular flexibility index (Phi) is 5.43. The van der Waals surface area contributed by atoms with E-state index in [0.717, 1.165) is 14.2 Å². The maximum atomic E-state index is 12.6. The summed E-state index contributed by atoms with van der Waals surface area (Å²) in [5.74, 6) is -1.92. The summed E-state index contributed by atoms with van der Waals surface area (Å²) in [6.07, 6.45) is 1.26. The van der Waals surface area contributed by atoms with E-state index in [9.17, 15) is 19.7 Å². The molecule has 0 bridgehead atoms. The standard InChI is InChI=1S/C17H16N2O6/c1-24-15(20)17(16(21)25-2,11-12-7-5-6-10-18-12)13-8-3-4-9-14(13)19(22)23/h3-10H,11H2,1-2H3. The van der Waals surface area contributed by atoms with Crippen LogP contribution in [-0.2, 0) is 30.9 Å². The van der Waals surface area contributed by atoms with E-state index in [-0.39, 0.29) is 17.7 Å². The second-order valence-corrected chi connectivity index (χ2v) is 5.16. The summed E-state index contributed by atoms with van der Waals surface area (Å²) >= 11 is 0. The molecule has 0 aliphatic carbocycles. The molecule has 25 heavy (non-hydrogen) atoms. The fourth-order valence-electron chi connectivity index (χ4n) is 2.66. The van der Waals surface area contributed by atoms with Crippen molar-refractivity contribution in [2.75, 3.05) is 14.2 Å². The SMILES string of the molecule is COC(=O)C(Cc1ccccn1)(C(=O)OC)c1ccccc1[N+](=O)[O-]. The summed E-state index contributed by atoms with van der Waals surface area (Å²) in [6, 6.07) is 10.5. The molecule has 0 N–H and O–H groups in total. The molecule has 2 rings (SSSR count). The summed E-state index contributed by atoms with van der Waals surface area (Å²) in [5.41, 5.74) is -2.14. The quantitative estimate of drug-likeness (QED) is 0.340. The van der Waals surface area contributed by atoms with Crippen molar-refractivity contribution in [3.63, 3.8) is 0 Å². The smallest absolute Gasteiger partial charge is 0.328 e. The lowest BCUT2D eigenvalue weighted by Crippen LogP contribution is -2.48. The van der Waals surface area contributed by atoms with Crippen LogP contribution in [0.2, 0.25) is 0 Å². The Bertz CT molecular complexity index is 775. The van der Waals surface area contributed by atoms with E-state index >= 15 is 0 Å². The molecule has 0 fully saturated rings. The molecule has 1 heterocycles. The van der Waals surface area contributed by atoms with Gasteiger partial charge in [0.05, 0.1) is 24.7 Å². The monoisotopic (exact) mass is 344 g/mol. The zero-order chi connectivity index (χ0) is 18.4. The number of esters is 2. The van der Waals surface area contributed by atoms with Crippen molar-refractivity contribution in [1.29, 1.82) is 0 Å². The predicted octanol–water partition coefficient (Wildman–Crippen LogP) is 1.82. The van der Waals surface area contributed by atoms with Crippen molar-refractivity contribution in [3.8, 4) is 0 Å². The molecular formula is C17H16N2O6. The molecule has 1 aromatic carbocycles. The van der Waals surface area contributed by atoms with Gasteiger partial charge in [0, 0.05) is 24.4 Å². The molecule has 0 aliphatic rings. The summed E-state index contributed by atoms with van der Waals surface area (Å²) in [4.78, 5) is 40.2. The topological polar surface area (TPSA) is 109 Å². The molecule has 0 unspecified atom stereocenters. The zero-order valence-corrected chi connectivity index (χ0v) is 13.7. The number of nitro groups is 1. The maximum Gasteiger partial charge on any atom is 0.328 e. The average molecular weight is 344 g/mol. The molecule has 0 atom stereocenters. The molecule has 0 aliphatic heterocycles. The van der Waals surface area contributed by atoms with Gasteiger partial charge in [-0.2, -0.15) is 0 Å². The molecule has 130 valence electrons. The van der Waals surface area contributed by atoms with E-state index in [1.54, 1.807) is 18.2 Å². The van der Waals surface area contributed by atoms with Gasteiger partial charge in [0.2, 0.25) is 5.41 Å². The number of methoxy groups -OCH3 is 2. The Morgan fingerprint density at radius 1 is 1.08 bits per heavy atom. The predicted molar refractivity (Wildman–Crippen MR) is 86.7 cm³/mol. The van der Waals surface area contributed by atoms with Gasteiger partial charge in [0.25, 0.3) is 5.69 Å². The summed E-state index contributed by atoms with van der Waals surface area (Å²) in [6.45, 7) is 0. The van der Waals surface area contributed by atoms with Crippen LogP contribution in [0.25, 0.3) is 0 Å². The number of nitrogens with zero attached hydrogens (tertiary/aromatic N) is 2. The van der Waals surface area contributed by atoms with Crippen molar-refractivity contribution in [1.82, 2.24) is 4.98 Å². The van der Waals surface area contributed by atoms with Crippen LogP contribution in [0.4, 0.5) is 5.69 Å². The van der Waals surface area contributed by atoms with Crippen LogP contribution in [0.3, 0.4) is 0 Å². The van der Waals surface area contributed by atoms with Gasteiger partial charge < -0.3 is 9.47 Å². The molecule has 8 heteroatoms. The lowest BCUT2D eigenvalue weighted by molar-refractivity contribution is -0.386. The highest BCUT2D eigenvalue weighted by Crippen LogP contribution is 2.37. The number of para-hydroxylation sites is 1. The van der Waals surface area contributed by atoms with Gasteiger partial charge in [-0.15, -0.1) is 0 Å². The van der Waals surface area contributed by atoms with Crippen LogP contribution >= 0.6 is 0 Å². The van der Waals surface area contributed by atoms with Gasteiger partial charge in [0.1, 0.15) is 0 Å². The summed E-state index contributed by atoms with van der Waals surface area (Å²) in [5, 5.41) is 11.4. The first-order valence-corrected chi connectivity index (χ1v) is 7.28. The third kappa shape index (κ3) is 3.32. The zero-order valence-electron chi connectivity index (χ0n) is 13.7. The number of ether oxygens (including phenoxy) is 2. The summed E-state index contributed by atoms with van der Waals surface area (Å²) in [7, 11) is 2.21. The molecule has 0 spiro atoms. The Hall–Kier alpha value is -3.29. The first-order valence-electron chi connectivity index (χ1n) is 7.28. The number of benzene rings is 1. The number of carbonyl (C=O) groups is 2. The van der Waals surface area contributed by atoms with E-state index in [4.69, 9.17) is 9.47 Å². The highest BCUT2D eigenvalue weighted by Gasteiger charge is 2.53. The molecule has 0 amide bonds. The average Bonchev–Trinajstić information content (AvgIpc) is 2.65. The number of carbonyl (C=O) groups excluding carboxylic acids is 2. The normalized spacial score (nSPS) is 10.8. The molecule has 8 nitrogen and oxygen atoms in total. The molecular weight excluding hydrogens is 328 g/mol. The molecule has 2 aromatic rings. The third-order valence-corrected chi connectivity index (χ3v) is 3.80. The number of aromatic nitrogens is 1. The Labute approximate surface area is 143 Å². The fourth-order valence-corrected chi connectivity index (χ4v) is 2.66. The van der Waals surface area contributed by atoms with E-state index < -0.39 is 22.3 Å². The highest BCUT2D eigenvalue weighted by atomic mass is 16.6. The molecule has 1 aromatic heterocycles. The minimum Gasteiger partial charge on any atom is -0.468 e. The van der Waals surface area contributed by atoms with Crippen molar-refractivity contribution in [2.45, 2.75) is 11.8 Å².